The number of aliphatic hydroxyl groups excluding tert-OH is 1. The van der Waals surface area contributed by atoms with E-state index in [1.807, 2.05) is 38.1 Å². The van der Waals surface area contributed by atoms with Crippen LogP contribution in [0.3, 0.4) is 0 Å². The number of aromatic nitrogens is 1. The Labute approximate surface area is 115 Å². The van der Waals surface area contributed by atoms with Crippen LogP contribution >= 0.6 is 22.9 Å². The topological polar surface area (TPSA) is 42.4 Å². The number of thiazole rings is 1. The van der Waals surface area contributed by atoms with Crippen molar-refractivity contribution >= 4 is 22.9 Å². The first-order valence-electron chi connectivity index (χ1n) is 5.62. The fourth-order valence-corrected chi connectivity index (χ4v) is 2.48. The lowest BCUT2D eigenvalue weighted by molar-refractivity contribution is 0.219. The van der Waals surface area contributed by atoms with Gasteiger partial charge in [0.25, 0.3) is 0 Å². The summed E-state index contributed by atoms with van der Waals surface area (Å²) in [5.74, 6) is 0.790. The molecule has 0 aliphatic heterocycles. The van der Waals surface area contributed by atoms with Gasteiger partial charge in [0.15, 0.2) is 0 Å². The third-order valence-corrected chi connectivity index (χ3v) is 3.46. The van der Waals surface area contributed by atoms with Crippen LogP contribution in [0, 0.1) is 0 Å². The van der Waals surface area contributed by atoms with Crippen LogP contribution in [0.5, 0.6) is 5.75 Å². The predicted octanol–water partition coefficient (Wildman–Crippen LogP) is 3.67. The third kappa shape index (κ3) is 3.22. The van der Waals surface area contributed by atoms with E-state index < -0.39 is 6.10 Å². The van der Waals surface area contributed by atoms with Crippen molar-refractivity contribution in [3.8, 4) is 5.75 Å². The van der Waals surface area contributed by atoms with E-state index in [9.17, 15) is 5.11 Å². The molecule has 0 aliphatic carbocycles. The number of halogens is 1. The van der Waals surface area contributed by atoms with E-state index in [1.54, 1.807) is 6.20 Å². The average Bonchev–Trinajstić information content (AvgIpc) is 2.75. The highest BCUT2D eigenvalue weighted by atomic mass is 35.5. The lowest BCUT2D eigenvalue weighted by Crippen LogP contribution is -2.05. The molecule has 0 fully saturated rings. The van der Waals surface area contributed by atoms with Crippen LogP contribution in [0.15, 0.2) is 30.5 Å². The van der Waals surface area contributed by atoms with E-state index in [2.05, 4.69) is 4.98 Å². The molecule has 0 amide bonds. The van der Waals surface area contributed by atoms with Gasteiger partial charge in [0.1, 0.15) is 21.2 Å². The maximum atomic E-state index is 10.1. The fraction of sp³-hybridized carbons (Fsp3) is 0.308. The second-order valence-electron chi connectivity index (χ2n) is 4.14. The lowest BCUT2D eigenvalue weighted by atomic mass is 10.1. The van der Waals surface area contributed by atoms with E-state index in [0.717, 1.165) is 11.3 Å². The number of ether oxygens (including phenoxy) is 1. The Morgan fingerprint density at radius 1 is 1.28 bits per heavy atom. The molecular weight excluding hydrogens is 270 g/mol. The van der Waals surface area contributed by atoms with Crippen LogP contribution in [-0.2, 0) is 0 Å². The van der Waals surface area contributed by atoms with Gasteiger partial charge >= 0.3 is 0 Å². The van der Waals surface area contributed by atoms with Crippen molar-refractivity contribution in [1.29, 1.82) is 0 Å². The lowest BCUT2D eigenvalue weighted by Gasteiger charge is -2.11. The summed E-state index contributed by atoms with van der Waals surface area (Å²) in [5, 5.41) is 10.7. The molecule has 0 bridgehead atoms. The number of hydrogen-bond donors (Lipinski definition) is 1. The summed E-state index contributed by atoms with van der Waals surface area (Å²) in [5.41, 5.74) is 0.775. The fourth-order valence-electron chi connectivity index (χ4n) is 1.54. The van der Waals surface area contributed by atoms with E-state index >= 15 is 0 Å². The smallest absolute Gasteiger partial charge is 0.131 e. The van der Waals surface area contributed by atoms with Gasteiger partial charge in [0.2, 0.25) is 0 Å². The SMILES string of the molecule is CC(C)Oc1ccc(C(O)c2ncc(Cl)s2)cc1. The molecule has 1 unspecified atom stereocenters. The highest BCUT2D eigenvalue weighted by Gasteiger charge is 2.14. The van der Waals surface area contributed by atoms with Crippen molar-refractivity contribution < 1.29 is 9.84 Å². The van der Waals surface area contributed by atoms with E-state index in [0.29, 0.717) is 9.34 Å². The summed E-state index contributed by atoms with van der Waals surface area (Å²) >= 11 is 7.08. The largest absolute Gasteiger partial charge is 0.491 e. The normalized spacial score (nSPS) is 12.7. The Kier molecular flexibility index (Phi) is 4.22. The monoisotopic (exact) mass is 283 g/mol. The molecule has 3 nitrogen and oxygen atoms in total. The first-order valence-corrected chi connectivity index (χ1v) is 6.81. The number of nitrogens with zero attached hydrogens (tertiary/aromatic N) is 1. The summed E-state index contributed by atoms with van der Waals surface area (Å²) in [7, 11) is 0. The molecule has 1 N–H and O–H groups in total. The van der Waals surface area contributed by atoms with Crippen LogP contribution in [0.25, 0.3) is 0 Å². The molecule has 18 heavy (non-hydrogen) atoms. The van der Waals surface area contributed by atoms with Gasteiger partial charge in [-0.2, -0.15) is 0 Å². The van der Waals surface area contributed by atoms with Gasteiger partial charge in [0.05, 0.1) is 12.3 Å². The van der Waals surface area contributed by atoms with Gasteiger partial charge in [-0.25, -0.2) is 4.98 Å². The summed E-state index contributed by atoms with van der Waals surface area (Å²) < 4.78 is 6.12. The Morgan fingerprint density at radius 3 is 2.44 bits per heavy atom. The minimum atomic E-state index is -0.740. The second kappa shape index (κ2) is 5.69. The zero-order valence-corrected chi connectivity index (χ0v) is 11.7. The van der Waals surface area contributed by atoms with Crippen LogP contribution in [0.2, 0.25) is 4.34 Å². The van der Waals surface area contributed by atoms with Crippen molar-refractivity contribution in [2.75, 3.05) is 0 Å². The van der Waals surface area contributed by atoms with Crippen molar-refractivity contribution in [3.63, 3.8) is 0 Å². The van der Waals surface area contributed by atoms with Crippen LogP contribution in [0.4, 0.5) is 0 Å². The summed E-state index contributed by atoms with van der Waals surface area (Å²) in [6.07, 6.45) is 0.940. The molecule has 96 valence electrons. The summed E-state index contributed by atoms with van der Waals surface area (Å²) in [6.45, 7) is 3.95. The highest BCUT2D eigenvalue weighted by molar-refractivity contribution is 7.15. The molecule has 0 saturated carbocycles. The zero-order chi connectivity index (χ0) is 13.1. The minimum absolute atomic E-state index is 0.138. The molecular formula is C13H14ClNO2S. The Hall–Kier alpha value is -1.10. The molecule has 1 aromatic heterocycles. The third-order valence-electron chi connectivity index (χ3n) is 2.30. The molecule has 1 atom stereocenters. The van der Waals surface area contributed by atoms with Gasteiger partial charge in [-0.15, -0.1) is 11.3 Å². The van der Waals surface area contributed by atoms with Crippen molar-refractivity contribution in [1.82, 2.24) is 4.98 Å². The van der Waals surface area contributed by atoms with Crippen LogP contribution < -0.4 is 4.74 Å². The van der Waals surface area contributed by atoms with E-state index in [4.69, 9.17) is 16.3 Å². The van der Waals surface area contributed by atoms with Crippen molar-refractivity contribution in [2.24, 2.45) is 0 Å². The van der Waals surface area contributed by atoms with Crippen molar-refractivity contribution in [3.05, 3.63) is 45.4 Å². The van der Waals surface area contributed by atoms with Gasteiger partial charge in [0, 0.05) is 0 Å². The molecule has 1 aromatic carbocycles. The second-order valence-corrected chi connectivity index (χ2v) is 5.83. The maximum absolute atomic E-state index is 10.1. The molecule has 0 spiro atoms. The molecule has 0 saturated heterocycles. The molecule has 0 aliphatic rings. The highest BCUT2D eigenvalue weighted by Crippen LogP contribution is 2.29. The minimum Gasteiger partial charge on any atom is -0.491 e. The number of rotatable bonds is 4. The van der Waals surface area contributed by atoms with Gasteiger partial charge in [-0.05, 0) is 31.5 Å². The standard InChI is InChI=1S/C13H14ClNO2S/c1-8(2)17-10-5-3-9(4-6-10)12(16)13-15-7-11(14)18-13/h3-8,12,16H,1-2H3. The number of aliphatic hydroxyl groups is 1. The van der Waals surface area contributed by atoms with E-state index in [1.165, 1.54) is 11.3 Å². The summed E-state index contributed by atoms with van der Waals surface area (Å²) in [6, 6.07) is 7.34. The maximum Gasteiger partial charge on any atom is 0.131 e. The zero-order valence-electron chi connectivity index (χ0n) is 10.1. The first kappa shape index (κ1) is 13.3. The van der Waals surface area contributed by atoms with Gasteiger partial charge < -0.3 is 9.84 Å². The Morgan fingerprint density at radius 2 is 1.94 bits per heavy atom. The predicted molar refractivity (Wildman–Crippen MR) is 73.4 cm³/mol. The molecule has 0 radical (unpaired) electrons. The van der Waals surface area contributed by atoms with Crippen LogP contribution in [-0.4, -0.2) is 16.2 Å². The molecule has 5 heteroatoms. The number of hydrogen-bond acceptors (Lipinski definition) is 4. The molecule has 2 rings (SSSR count). The Bertz CT molecular complexity index is 510. The molecule has 2 aromatic rings. The van der Waals surface area contributed by atoms with Crippen molar-refractivity contribution in [2.45, 2.75) is 26.1 Å². The summed E-state index contributed by atoms with van der Waals surface area (Å²) in [4.78, 5) is 4.07. The Balaban J connectivity index is 2.14. The number of benzene rings is 1. The van der Waals surface area contributed by atoms with E-state index in [-0.39, 0.29) is 6.10 Å². The van der Waals surface area contributed by atoms with Gasteiger partial charge in [-0.1, -0.05) is 23.7 Å². The first-order chi connectivity index (χ1) is 8.56. The van der Waals surface area contributed by atoms with Gasteiger partial charge in [-0.3, -0.25) is 0 Å². The molecule has 1 heterocycles. The average molecular weight is 284 g/mol. The quantitative estimate of drug-likeness (QED) is 0.931. The van der Waals surface area contributed by atoms with Crippen LogP contribution in [0.1, 0.15) is 30.5 Å².